The van der Waals surface area contributed by atoms with Crippen LogP contribution in [0.5, 0.6) is 17.2 Å². The Labute approximate surface area is 146 Å². The van der Waals surface area contributed by atoms with Crippen molar-refractivity contribution in [1.29, 1.82) is 0 Å². The number of benzene rings is 2. The van der Waals surface area contributed by atoms with E-state index in [0.29, 0.717) is 36.9 Å². The standard InChI is InChI=1S/C19H20N2O4/c22-16-3-1-2-13(10-16)12-21(15-5-6-15)19(23)20-14-4-7-17-18(11-14)25-9-8-24-17/h1-4,7,10-11,15,22H,5-6,8-9,12H2,(H,20,23). The lowest BCUT2D eigenvalue weighted by Gasteiger charge is -2.24. The van der Waals surface area contributed by atoms with Gasteiger partial charge in [0.05, 0.1) is 0 Å². The number of urea groups is 1. The molecule has 2 aromatic rings. The molecule has 1 aliphatic carbocycles. The average molecular weight is 340 g/mol. The number of anilines is 1. The molecule has 130 valence electrons. The van der Waals surface area contributed by atoms with Crippen LogP contribution in [-0.2, 0) is 6.54 Å². The Morgan fingerprint density at radius 3 is 2.68 bits per heavy atom. The number of aromatic hydroxyl groups is 1. The highest BCUT2D eigenvalue weighted by Gasteiger charge is 2.32. The van der Waals surface area contributed by atoms with Gasteiger partial charge >= 0.3 is 6.03 Å². The van der Waals surface area contributed by atoms with Gasteiger partial charge in [0.15, 0.2) is 11.5 Å². The molecule has 1 aliphatic heterocycles. The SMILES string of the molecule is O=C(Nc1ccc2c(c1)OCCO2)N(Cc1cccc(O)c1)C1CC1. The summed E-state index contributed by atoms with van der Waals surface area (Å²) in [4.78, 5) is 14.5. The largest absolute Gasteiger partial charge is 0.508 e. The van der Waals surface area contributed by atoms with Crippen molar-refractivity contribution in [3.8, 4) is 17.2 Å². The van der Waals surface area contributed by atoms with E-state index >= 15 is 0 Å². The van der Waals surface area contributed by atoms with Gasteiger partial charge in [-0.15, -0.1) is 0 Å². The van der Waals surface area contributed by atoms with Crippen molar-refractivity contribution in [3.63, 3.8) is 0 Å². The van der Waals surface area contributed by atoms with Gasteiger partial charge in [0.2, 0.25) is 0 Å². The summed E-state index contributed by atoms with van der Waals surface area (Å²) in [6.07, 6.45) is 2.01. The van der Waals surface area contributed by atoms with Crippen LogP contribution in [0.2, 0.25) is 0 Å². The summed E-state index contributed by atoms with van der Waals surface area (Å²) < 4.78 is 11.1. The maximum Gasteiger partial charge on any atom is 0.322 e. The molecule has 1 fully saturated rings. The monoisotopic (exact) mass is 340 g/mol. The van der Waals surface area contributed by atoms with Crippen molar-refractivity contribution >= 4 is 11.7 Å². The predicted octanol–water partition coefficient (Wildman–Crippen LogP) is 3.36. The Morgan fingerprint density at radius 1 is 1.12 bits per heavy atom. The second kappa shape index (κ2) is 6.55. The van der Waals surface area contributed by atoms with Gasteiger partial charge in [0.25, 0.3) is 0 Å². The maximum atomic E-state index is 12.7. The van der Waals surface area contributed by atoms with Crippen LogP contribution >= 0.6 is 0 Å². The molecule has 6 nitrogen and oxygen atoms in total. The smallest absolute Gasteiger partial charge is 0.322 e. The van der Waals surface area contributed by atoms with E-state index in [0.717, 1.165) is 18.4 Å². The fourth-order valence-corrected chi connectivity index (χ4v) is 2.92. The van der Waals surface area contributed by atoms with Crippen molar-refractivity contribution in [2.24, 2.45) is 0 Å². The van der Waals surface area contributed by atoms with E-state index in [2.05, 4.69) is 5.32 Å². The molecular formula is C19H20N2O4. The van der Waals surface area contributed by atoms with Gasteiger partial charge in [-0.2, -0.15) is 0 Å². The van der Waals surface area contributed by atoms with Crippen molar-refractivity contribution < 1.29 is 19.4 Å². The van der Waals surface area contributed by atoms with Crippen LogP contribution in [-0.4, -0.2) is 35.3 Å². The number of rotatable bonds is 4. The molecule has 1 saturated carbocycles. The van der Waals surface area contributed by atoms with Crippen LogP contribution in [0.15, 0.2) is 42.5 Å². The highest BCUT2D eigenvalue weighted by atomic mass is 16.6. The number of phenolic OH excluding ortho intramolecular Hbond substituents is 1. The quantitative estimate of drug-likeness (QED) is 0.895. The second-order valence-corrected chi connectivity index (χ2v) is 6.32. The topological polar surface area (TPSA) is 71.0 Å². The molecule has 6 heteroatoms. The van der Waals surface area contributed by atoms with Gasteiger partial charge in [-0.05, 0) is 42.7 Å². The van der Waals surface area contributed by atoms with Gasteiger partial charge in [-0.25, -0.2) is 4.79 Å². The number of phenols is 1. The number of carbonyl (C=O) groups is 1. The summed E-state index contributed by atoms with van der Waals surface area (Å²) in [6, 6.07) is 12.5. The van der Waals surface area contributed by atoms with Crippen LogP contribution in [0.4, 0.5) is 10.5 Å². The minimum atomic E-state index is -0.150. The highest BCUT2D eigenvalue weighted by molar-refractivity contribution is 5.90. The minimum absolute atomic E-state index is 0.150. The first-order valence-electron chi connectivity index (χ1n) is 8.44. The van der Waals surface area contributed by atoms with E-state index < -0.39 is 0 Å². The summed E-state index contributed by atoms with van der Waals surface area (Å²) >= 11 is 0. The summed E-state index contributed by atoms with van der Waals surface area (Å²) in [5.41, 5.74) is 1.58. The van der Waals surface area contributed by atoms with Gasteiger partial charge < -0.3 is 24.8 Å². The zero-order valence-corrected chi connectivity index (χ0v) is 13.8. The molecule has 1 heterocycles. The Morgan fingerprint density at radius 2 is 1.92 bits per heavy atom. The van der Waals surface area contributed by atoms with Crippen LogP contribution < -0.4 is 14.8 Å². The van der Waals surface area contributed by atoms with Gasteiger partial charge in [0.1, 0.15) is 19.0 Å². The first-order valence-corrected chi connectivity index (χ1v) is 8.44. The molecule has 2 aliphatic rings. The fraction of sp³-hybridized carbons (Fsp3) is 0.316. The predicted molar refractivity (Wildman–Crippen MR) is 93.1 cm³/mol. The number of hydrogen-bond donors (Lipinski definition) is 2. The Hall–Kier alpha value is -2.89. The molecule has 2 amide bonds. The van der Waals surface area contributed by atoms with Crippen LogP contribution in [0, 0.1) is 0 Å². The third-order valence-electron chi connectivity index (χ3n) is 4.31. The normalized spacial score (nSPS) is 15.5. The zero-order valence-electron chi connectivity index (χ0n) is 13.8. The molecule has 4 rings (SSSR count). The lowest BCUT2D eigenvalue weighted by molar-refractivity contribution is 0.171. The second-order valence-electron chi connectivity index (χ2n) is 6.32. The molecule has 25 heavy (non-hydrogen) atoms. The fourth-order valence-electron chi connectivity index (χ4n) is 2.92. The van der Waals surface area contributed by atoms with Gasteiger partial charge in [-0.3, -0.25) is 0 Å². The Balaban J connectivity index is 1.48. The van der Waals surface area contributed by atoms with E-state index in [9.17, 15) is 9.90 Å². The molecule has 0 aromatic heterocycles. The highest BCUT2D eigenvalue weighted by Crippen LogP contribution is 2.34. The minimum Gasteiger partial charge on any atom is -0.508 e. The number of hydrogen-bond acceptors (Lipinski definition) is 4. The number of nitrogens with zero attached hydrogens (tertiary/aromatic N) is 1. The summed E-state index contributed by atoms with van der Waals surface area (Å²) in [7, 11) is 0. The molecule has 0 saturated heterocycles. The first kappa shape index (κ1) is 15.6. The van der Waals surface area contributed by atoms with E-state index in [-0.39, 0.29) is 17.8 Å². The summed E-state index contributed by atoms with van der Waals surface area (Å²) in [5.74, 6) is 1.55. The molecular weight excluding hydrogens is 320 g/mol. The third kappa shape index (κ3) is 3.63. The van der Waals surface area contributed by atoms with Crippen LogP contribution in [0.1, 0.15) is 18.4 Å². The lowest BCUT2D eigenvalue weighted by Crippen LogP contribution is -2.36. The van der Waals surface area contributed by atoms with Crippen molar-refractivity contribution in [1.82, 2.24) is 4.90 Å². The number of ether oxygens (including phenoxy) is 2. The van der Waals surface area contributed by atoms with E-state index in [1.165, 1.54) is 0 Å². The number of carbonyl (C=O) groups excluding carboxylic acids is 1. The van der Waals surface area contributed by atoms with Crippen molar-refractivity contribution in [3.05, 3.63) is 48.0 Å². The lowest BCUT2D eigenvalue weighted by atomic mass is 10.2. The van der Waals surface area contributed by atoms with Crippen LogP contribution in [0.25, 0.3) is 0 Å². The van der Waals surface area contributed by atoms with Gasteiger partial charge in [-0.1, -0.05) is 12.1 Å². The molecule has 2 N–H and O–H groups in total. The molecule has 0 radical (unpaired) electrons. The van der Waals surface area contributed by atoms with E-state index in [4.69, 9.17) is 9.47 Å². The third-order valence-corrected chi connectivity index (χ3v) is 4.31. The Bertz CT molecular complexity index is 789. The molecule has 0 unspecified atom stereocenters. The number of nitrogens with one attached hydrogen (secondary N) is 1. The Kier molecular flexibility index (Phi) is 4.09. The van der Waals surface area contributed by atoms with Crippen molar-refractivity contribution in [2.45, 2.75) is 25.4 Å². The van der Waals surface area contributed by atoms with Crippen molar-refractivity contribution in [2.75, 3.05) is 18.5 Å². The molecule has 0 atom stereocenters. The van der Waals surface area contributed by atoms with Crippen LogP contribution in [0.3, 0.4) is 0 Å². The number of fused-ring (bicyclic) bond motifs is 1. The molecule has 0 bridgehead atoms. The van der Waals surface area contributed by atoms with E-state index in [1.807, 2.05) is 17.0 Å². The summed E-state index contributed by atoms with van der Waals surface area (Å²) in [6.45, 7) is 1.52. The molecule has 2 aromatic carbocycles. The van der Waals surface area contributed by atoms with Gasteiger partial charge in [0, 0.05) is 24.3 Å². The van der Waals surface area contributed by atoms with E-state index in [1.54, 1.807) is 30.3 Å². The average Bonchev–Trinajstić information content (AvgIpc) is 3.44. The maximum absolute atomic E-state index is 12.7. The zero-order chi connectivity index (χ0) is 17.2. The first-order chi connectivity index (χ1) is 12.2. The number of amides is 2. The summed E-state index contributed by atoms with van der Waals surface area (Å²) in [5, 5.41) is 12.6. The molecule has 0 spiro atoms.